The van der Waals surface area contributed by atoms with E-state index in [1.807, 2.05) is 0 Å². The number of hydrogen-bond donors (Lipinski definition) is 1. The molecule has 0 aliphatic rings. The van der Waals surface area contributed by atoms with E-state index in [4.69, 9.17) is 5.11 Å². The van der Waals surface area contributed by atoms with E-state index in [1.165, 1.54) is 18.2 Å². The predicted octanol–water partition coefficient (Wildman–Crippen LogP) is 3.06. The molecular weight excluding hydrogens is 251 g/mol. The average molecular weight is 257 g/mol. The SMILES string of the molecule is O=C(O)c1nc(-c2ccccc2C(F)(F)F)co1. The fourth-order valence-corrected chi connectivity index (χ4v) is 1.45. The van der Waals surface area contributed by atoms with Crippen LogP contribution >= 0.6 is 0 Å². The molecule has 0 aliphatic heterocycles. The normalized spacial score (nSPS) is 11.5. The topological polar surface area (TPSA) is 63.3 Å². The monoisotopic (exact) mass is 257 g/mol. The number of carboxylic acid groups (broad SMARTS) is 1. The van der Waals surface area contributed by atoms with Crippen LogP contribution in [0.25, 0.3) is 11.3 Å². The lowest BCUT2D eigenvalue weighted by Crippen LogP contribution is -2.07. The molecule has 7 heteroatoms. The molecule has 0 radical (unpaired) electrons. The molecule has 4 nitrogen and oxygen atoms in total. The van der Waals surface area contributed by atoms with Crippen LogP contribution in [-0.4, -0.2) is 16.1 Å². The van der Waals surface area contributed by atoms with Crippen molar-refractivity contribution in [3.05, 3.63) is 42.0 Å². The molecule has 1 aromatic carbocycles. The van der Waals surface area contributed by atoms with Gasteiger partial charge in [-0.05, 0) is 6.07 Å². The van der Waals surface area contributed by atoms with E-state index in [0.29, 0.717) is 0 Å². The Labute approximate surface area is 98.7 Å². The summed E-state index contributed by atoms with van der Waals surface area (Å²) in [6.45, 7) is 0. The largest absolute Gasteiger partial charge is 0.474 e. The number of rotatable bonds is 2. The fraction of sp³-hybridized carbons (Fsp3) is 0.0909. The molecule has 2 rings (SSSR count). The Morgan fingerprint density at radius 3 is 2.50 bits per heavy atom. The lowest BCUT2D eigenvalue weighted by Gasteiger charge is -2.10. The second-order valence-electron chi connectivity index (χ2n) is 3.39. The van der Waals surface area contributed by atoms with Gasteiger partial charge in [-0.25, -0.2) is 9.78 Å². The first-order valence-electron chi connectivity index (χ1n) is 4.75. The molecule has 0 spiro atoms. The second-order valence-corrected chi connectivity index (χ2v) is 3.39. The van der Waals surface area contributed by atoms with Crippen LogP contribution in [0.3, 0.4) is 0 Å². The molecule has 1 heterocycles. The Kier molecular flexibility index (Phi) is 2.82. The number of hydrogen-bond acceptors (Lipinski definition) is 3. The Balaban J connectivity index is 2.53. The van der Waals surface area contributed by atoms with Gasteiger partial charge in [0.15, 0.2) is 0 Å². The quantitative estimate of drug-likeness (QED) is 0.897. The molecule has 0 bridgehead atoms. The van der Waals surface area contributed by atoms with E-state index in [-0.39, 0.29) is 11.3 Å². The van der Waals surface area contributed by atoms with Crippen LogP contribution in [0, 0.1) is 0 Å². The highest BCUT2D eigenvalue weighted by Gasteiger charge is 2.34. The number of nitrogens with zero attached hydrogens (tertiary/aromatic N) is 1. The van der Waals surface area contributed by atoms with E-state index >= 15 is 0 Å². The van der Waals surface area contributed by atoms with Gasteiger partial charge in [0.25, 0.3) is 0 Å². The second kappa shape index (κ2) is 4.17. The van der Waals surface area contributed by atoms with Crippen LogP contribution in [0.2, 0.25) is 0 Å². The van der Waals surface area contributed by atoms with Crippen molar-refractivity contribution in [2.75, 3.05) is 0 Å². The van der Waals surface area contributed by atoms with Gasteiger partial charge in [0.05, 0.1) is 5.56 Å². The number of benzene rings is 1. The summed E-state index contributed by atoms with van der Waals surface area (Å²) in [5.41, 5.74) is -1.28. The molecule has 1 aromatic heterocycles. The van der Waals surface area contributed by atoms with E-state index in [2.05, 4.69) is 9.40 Å². The molecule has 0 amide bonds. The summed E-state index contributed by atoms with van der Waals surface area (Å²) in [5, 5.41) is 8.60. The van der Waals surface area contributed by atoms with Gasteiger partial charge in [-0.2, -0.15) is 13.2 Å². The minimum absolute atomic E-state index is 0.166. The van der Waals surface area contributed by atoms with E-state index in [0.717, 1.165) is 12.3 Å². The zero-order valence-electron chi connectivity index (χ0n) is 8.73. The van der Waals surface area contributed by atoms with E-state index in [1.54, 1.807) is 0 Å². The standard InChI is InChI=1S/C11H6F3NO3/c12-11(13,14)7-4-2-1-3-6(7)8-5-18-9(15-8)10(16)17/h1-5H,(H,16,17). The van der Waals surface area contributed by atoms with Crippen molar-refractivity contribution in [1.29, 1.82) is 0 Å². The van der Waals surface area contributed by atoms with Gasteiger partial charge in [-0.1, -0.05) is 18.2 Å². The minimum Gasteiger partial charge on any atom is -0.474 e. The molecule has 0 saturated carbocycles. The molecule has 2 aromatic rings. The molecule has 1 N–H and O–H groups in total. The summed E-state index contributed by atoms with van der Waals surface area (Å²) in [7, 11) is 0. The van der Waals surface area contributed by atoms with Crippen LogP contribution in [0.5, 0.6) is 0 Å². The highest BCUT2D eigenvalue weighted by atomic mass is 19.4. The number of alkyl halides is 3. The van der Waals surface area contributed by atoms with Crippen molar-refractivity contribution in [1.82, 2.24) is 4.98 Å². The zero-order valence-corrected chi connectivity index (χ0v) is 8.73. The van der Waals surface area contributed by atoms with E-state index < -0.39 is 23.6 Å². The maximum Gasteiger partial charge on any atom is 0.417 e. The number of carbonyl (C=O) groups is 1. The van der Waals surface area contributed by atoms with Crippen molar-refractivity contribution >= 4 is 5.97 Å². The minimum atomic E-state index is -4.54. The smallest absolute Gasteiger partial charge is 0.417 e. The van der Waals surface area contributed by atoms with Crippen LogP contribution in [0.1, 0.15) is 16.2 Å². The van der Waals surface area contributed by atoms with Gasteiger partial charge < -0.3 is 9.52 Å². The Hall–Kier alpha value is -2.31. The summed E-state index contributed by atoms with van der Waals surface area (Å²) in [6.07, 6.45) is -3.66. The molecule has 0 unspecified atom stereocenters. The fourth-order valence-electron chi connectivity index (χ4n) is 1.45. The van der Waals surface area contributed by atoms with Gasteiger partial charge in [-0.3, -0.25) is 0 Å². The van der Waals surface area contributed by atoms with Gasteiger partial charge in [0.1, 0.15) is 12.0 Å². The highest BCUT2D eigenvalue weighted by Crippen LogP contribution is 2.36. The first-order valence-corrected chi connectivity index (χ1v) is 4.75. The molecule has 94 valence electrons. The average Bonchev–Trinajstić information content (AvgIpc) is 2.77. The van der Waals surface area contributed by atoms with Crippen LogP contribution in [-0.2, 0) is 6.18 Å². The van der Waals surface area contributed by atoms with Crippen molar-refractivity contribution in [2.24, 2.45) is 0 Å². The molecule has 0 fully saturated rings. The number of halogens is 3. The van der Waals surface area contributed by atoms with Gasteiger partial charge >= 0.3 is 18.0 Å². The summed E-state index contributed by atoms with van der Waals surface area (Å²) in [4.78, 5) is 14.0. The number of carboxylic acids is 1. The first-order chi connectivity index (χ1) is 8.39. The number of oxazole rings is 1. The maximum absolute atomic E-state index is 12.7. The Morgan fingerprint density at radius 1 is 1.28 bits per heavy atom. The summed E-state index contributed by atoms with van der Waals surface area (Å²) in [5.74, 6) is -2.09. The summed E-state index contributed by atoms with van der Waals surface area (Å²) >= 11 is 0. The molecule has 0 aliphatic carbocycles. The van der Waals surface area contributed by atoms with Crippen molar-refractivity contribution in [3.8, 4) is 11.3 Å². The zero-order chi connectivity index (χ0) is 13.3. The third-order valence-electron chi connectivity index (χ3n) is 2.20. The van der Waals surface area contributed by atoms with Gasteiger partial charge in [0, 0.05) is 5.56 Å². The Morgan fingerprint density at radius 2 is 1.94 bits per heavy atom. The van der Waals surface area contributed by atoms with Crippen molar-refractivity contribution in [3.63, 3.8) is 0 Å². The van der Waals surface area contributed by atoms with Gasteiger partial charge in [0.2, 0.25) is 0 Å². The van der Waals surface area contributed by atoms with Gasteiger partial charge in [-0.15, -0.1) is 0 Å². The summed E-state index contributed by atoms with van der Waals surface area (Å²) < 4.78 is 42.7. The van der Waals surface area contributed by atoms with Crippen LogP contribution in [0.4, 0.5) is 13.2 Å². The third kappa shape index (κ3) is 2.20. The highest BCUT2D eigenvalue weighted by molar-refractivity contribution is 5.83. The van der Waals surface area contributed by atoms with Crippen LogP contribution in [0.15, 0.2) is 34.9 Å². The predicted molar refractivity (Wildman–Crippen MR) is 53.9 cm³/mol. The van der Waals surface area contributed by atoms with Crippen molar-refractivity contribution in [2.45, 2.75) is 6.18 Å². The lowest BCUT2D eigenvalue weighted by molar-refractivity contribution is -0.137. The third-order valence-corrected chi connectivity index (χ3v) is 2.20. The van der Waals surface area contributed by atoms with Crippen LogP contribution < -0.4 is 0 Å². The Bertz CT molecular complexity index is 589. The maximum atomic E-state index is 12.7. The molecular formula is C11H6F3NO3. The van der Waals surface area contributed by atoms with E-state index in [9.17, 15) is 18.0 Å². The number of aromatic nitrogens is 1. The first kappa shape index (κ1) is 12.2. The lowest BCUT2D eigenvalue weighted by atomic mass is 10.1. The molecule has 0 saturated heterocycles. The van der Waals surface area contributed by atoms with Crippen molar-refractivity contribution < 1.29 is 27.5 Å². The number of aromatic carboxylic acids is 1. The molecule has 18 heavy (non-hydrogen) atoms. The summed E-state index contributed by atoms with van der Waals surface area (Å²) in [6, 6.07) is 4.74. The molecule has 0 atom stereocenters.